The van der Waals surface area contributed by atoms with Gasteiger partial charge in [-0.25, -0.2) is 22.2 Å². The Morgan fingerprint density at radius 2 is 1.75 bits per heavy atom. The lowest BCUT2D eigenvalue weighted by atomic mass is 10.2. The molecule has 2 rings (SSSR count). The van der Waals surface area contributed by atoms with E-state index in [2.05, 4.69) is 10.4 Å². The van der Waals surface area contributed by atoms with Gasteiger partial charge >= 0.3 is 0 Å². The van der Waals surface area contributed by atoms with E-state index in [-0.39, 0.29) is 12.1 Å². The van der Waals surface area contributed by atoms with Crippen LogP contribution in [0, 0.1) is 23.3 Å². The van der Waals surface area contributed by atoms with E-state index in [0.717, 1.165) is 4.68 Å². The smallest absolute Gasteiger partial charge is 0.187 e. The molecule has 0 bridgehead atoms. The normalized spacial score (nSPS) is 11.3. The van der Waals surface area contributed by atoms with Gasteiger partial charge in [0.25, 0.3) is 0 Å². The van der Waals surface area contributed by atoms with Gasteiger partial charge in [-0.2, -0.15) is 5.10 Å². The molecule has 0 unspecified atom stereocenters. The second kappa shape index (κ2) is 5.62. The maximum atomic E-state index is 13.6. The highest BCUT2D eigenvalue weighted by Gasteiger charge is 2.21. The molecule has 0 saturated carbocycles. The zero-order chi connectivity index (χ0) is 14.9. The van der Waals surface area contributed by atoms with E-state index in [4.69, 9.17) is 0 Å². The molecule has 0 atom stereocenters. The quantitative estimate of drug-likeness (QED) is 0.692. The summed E-state index contributed by atoms with van der Waals surface area (Å²) in [5.41, 5.74) is -0.361. The molecular formula is C13H13F4N3. The Morgan fingerprint density at radius 3 is 2.30 bits per heavy atom. The fourth-order valence-electron chi connectivity index (χ4n) is 1.65. The second-order valence-corrected chi connectivity index (χ2v) is 4.60. The standard InChI is InChI=1S/C13H13F4N3/c1-7(2)18-6-8-3-4-20(19-8)13-11(16)9(14)5-10(15)12(13)17/h3-5,7,18H,6H2,1-2H3. The van der Waals surface area contributed by atoms with Crippen LogP contribution in [-0.4, -0.2) is 15.8 Å². The minimum absolute atomic E-state index is 0.166. The van der Waals surface area contributed by atoms with Crippen LogP contribution in [0.3, 0.4) is 0 Å². The van der Waals surface area contributed by atoms with Gasteiger partial charge in [0, 0.05) is 24.8 Å². The summed E-state index contributed by atoms with van der Waals surface area (Å²) >= 11 is 0. The Hall–Kier alpha value is -1.89. The molecule has 0 saturated heterocycles. The van der Waals surface area contributed by atoms with E-state index in [1.165, 1.54) is 12.3 Å². The molecule has 108 valence electrons. The van der Waals surface area contributed by atoms with E-state index < -0.39 is 29.0 Å². The summed E-state index contributed by atoms with van der Waals surface area (Å²) in [6.07, 6.45) is 1.25. The average molecular weight is 287 g/mol. The van der Waals surface area contributed by atoms with E-state index in [0.29, 0.717) is 12.2 Å². The van der Waals surface area contributed by atoms with Crippen molar-refractivity contribution in [1.82, 2.24) is 15.1 Å². The molecule has 20 heavy (non-hydrogen) atoms. The molecule has 0 spiro atoms. The van der Waals surface area contributed by atoms with Crippen molar-refractivity contribution in [2.45, 2.75) is 26.4 Å². The lowest BCUT2D eigenvalue weighted by Gasteiger charge is -2.07. The predicted octanol–water partition coefficient (Wildman–Crippen LogP) is 2.93. The number of hydrogen-bond donors (Lipinski definition) is 1. The molecule has 1 aromatic carbocycles. The van der Waals surface area contributed by atoms with Crippen LogP contribution in [0.25, 0.3) is 5.69 Å². The van der Waals surface area contributed by atoms with Crippen molar-refractivity contribution in [2.75, 3.05) is 0 Å². The third kappa shape index (κ3) is 2.82. The molecule has 0 radical (unpaired) electrons. The highest BCUT2D eigenvalue weighted by molar-refractivity contribution is 5.36. The highest BCUT2D eigenvalue weighted by atomic mass is 19.2. The number of benzene rings is 1. The highest BCUT2D eigenvalue weighted by Crippen LogP contribution is 2.22. The molecule has 0 amide bonds. The molecule has 3 nitrogen and oxygen atoms in total. The number of halogens is 4. The van der Waals surface area contributed by atoms with Gasteiger partial charge < -0.3 is 5.32 Å². The van der Waals surface area contributed by atoms with Crippen molar-refractivity contribution in [3.05, 3.63) is 47.3 Å². The Morgan fingerprint density at radius 1 is 1.15 bits per heavy atom. The van der Waals surface area contributed by atoms with Crippen molar-refractivity contribution in [3.63, 3.8) is 0 Å². The minimum Gasteiger partial charge on any atom is -0.309 e. The van der Waals surface area contributed by atoms with E-state index in [9.17, 15) is 17.6 Å². The lowest BCUT2D eigenvalue weighted by molar-refractivity contribution is 0.443. The van der Waals surface area contributed by atoms with Gasteiger partial charge in [0.05, 0.1) is 5.69 Å². The zero-order valence-corrected chi connectivity index (χ0v) is 10.9. The molecule has 1 heterocycles. The van der Waals surface area contributed by atoms with Gasteiger partial charge in [0.1, 0.15) is 5.69 Å². The van der Waals surface area contributed by atoms with Crippen LogP contribution in [0.5, 0.6) is 0 Å². The fourth-order valence-corrected chi connectivity index (χ4v) is 1.65. The third-order valence-corrected chi connectivity index (χ3v) is 2.65. The summed E-state index contributed by atoms with van der Waals surface area (Å²) in [6.45, 7) is 4.24. The van der Waals surface area contributed by atoms with Crippen LogP contribution < -0.4 is 5.32 Å². The number of rotatable bonds is 4. The zero-order valence-electron chi connectivity index (χ0n) is 10.9. The molecule has 2 aromatic rings. The number of hydrogen-bond acceptors (Lipinski definition) is 2. The topological polar surface area (TPSA) is 29.9 Å². The van der Waals surface area contributed by atoms with Crippen molar-refractivity contribution < 1.29 is 17.6 Å². The molecule has 7 heteroatoms. The molecular weight excluding hydrogens is 274 g/mol. The van der Waals surface area contributed by atoms with Gasteiger partial charge in [-0.05, 0) is 6.07 Å². The fraction of sp³-hybridized carbons (Fsp3) is 0.308. The summed E-state index contributed by atoms with van der Waals surface area (Å²) in [6, 6.07) is 1.89. The van der Waals surface area contributed by atoms with Crippen LogP contribution in [0.2, 0.25) is 0 Å². The van der Waals surface area contributed by atoms with E-state index in [1.807, 2.05) is 13.8 Å². The van der Waals surface area contributed by atoms with Crippen LogP contribution >= 0.6 is 0 Å². The van der Waals surface area contributed by atoms with Crippen molar-refractivity contribution >= 4 is 0 Å². The lowest BCUT2D eigenvalue weighted by Crippen LogP contribution is -2.22. The Labute approximate surface area is 113 Å². The van der Waals surface area contributed by atoms with Gasteiger partial charge in [-0.3, -0.25) is 0 Å². The van der Waals surface area contributed by atoms with Gasteiger partial charge in [-0.1, -0.05) is 13.8 Å². The van der Waals surface area contributed by atoms with Crippen molar-refractivity contribution in [3.8, 4) is 5.69 Å². The summed E-state index contributed by atoms with van der Waals surface area (Å²) < 4.78 is 54.2. The first-order chi connectivity index (χ1) is 9.40. The first kappa shape index (κ1) is 14.5. The number of nitrogens with zero attached hydrogens (tertiary/aromatic N) is 2. The molecule has 0 aliphatic carbocycles. The molecule has 1 N–H and O–H groups in total. The van der Waals surface area contributed by atoms with Crippen LogP contribution in [0.1, 0.15) is 19.5 Å². The summed E-state index contributed by atoms with van der Waals surface area (Å²) in [5.74, 6) is -5.88. The summed E-state index contributed by atoms with van der Waals surface area (Å²) in [4.78, 5) is 0. The van der Waals surface area contributed by atoms with Gasteiger partial charge in [0.15, 0.2) is 23.3 Å². The molecule has 0 fully saturated rings. The van der Waals surface area contributed by atoms with E-state index >= 15 is 0 Å². The number of aromatic nitrogens is 2. The predicted molar refractivity (Wildman–Crippen MR) is 65.4 cm³/mol. The van der Waals surface area contributed by atoms with Gasteiger partial charge in [-0.15, -0.1) is 0 Å². The third-order valence-electron chi connectivity index (χ3n) is 2.65. The van der Waals surface area contributed by atoms with E-state index in [1.54, 1.807) is 0 Å². The monoisotopic (exact) mass is 287 g/mol. The SMILES string of the molecule is CC(C)NCc1ccn(-c2c(F)c(F)cc(F)c2F)n1. The first-order valence-corrected chi connectivity index (χ1v) is 6.01. The molecule has 1 aromatic heterocycles. The minimum atomic E-state index is -1.48. The number of nitrogens with one attached hydrogen (secondary N) is 1. The second-order valence-electron chi connectivity index (χ2n) is 4.60. The molecule has 0 aliphatic heterocycles. The van der Waals surface area contributed by atoms with Crippen molar-refractivity contribution in [2.24, 2.45) is 0 Å². The summed E-state index contributed by atoms with van der Waals surface area (Å²) in [7, 11) is 0. The summed E-state index contributed by atoms with van der Waals surface area (Å²) in [5, 5.41) is 6.96. The van der Waals surface area contributed by atoms with Crippen LogP contribution in [0.4, 0.5) is 17.6 Å². The van der Waals surface area contributed by atoms with Crippen LogP contribution in [0.15, 0.2) is 18.3 Å². The van der Waals surface area contributed by atoms with Gasteiger partial charge in [0.2, 0.25) is 0 Å². The first-order valence-electron chi connectivity index (χ1n) is 6.01. The Balaban J connectivity index is 2.37. The van der Waals surface area contributed by atoms with Crippen LogP contribution in [-0.2, 0) is 6.54 Å². The Kier molecular flexibility index (Phi) is 4.08. The van der Waals surface area contributed by atoms with Crippen molar-refractivity contribution in [1.29, 1.82) is 0 Å². The maximum absolute atomic E-state index is 13.6. The molecule has 0 aliphatic rings. The Bertz CT molecular complexity index is 596. The largest absolute Gasteiger partial charge is 0.309 e. The maximum Gasteiger partial charge on any atom is 0.187 e. The average Bonchev–Trinajstić information content (AvgIpc) is 2.83.